The number of carbonyl (C=O) groups is 1. The summed E-state index contributed by atoms with van der Waals surface area (Å²) in [6.07, 6.45) is 1.34. The van der Waals surface area contributed by atoms with Gasteiger partial charge in [0.1, 0.15) is 5.75 Å². The molecule has 0 saturated carbocycles. The van der Waals surface area contributed by atoms with Crippen molar-refractivity contribution in [3.63, 3.8) is 0 Å². The SMILES string of the molecule is O=C(O)c1cc(OC(F)F)ccc1CCCBr. The van der Waals surface area contributed by atoms with Crippen LogP contribution >= 0.6 is 15.9 Å². The summed E-state index contributed by atoms with van der Waals surface area (Å²) >= 11 is 3.24. The van der Waals surface area contributed by atoms with E-state index < -0.39 is 12.6 Å². The number of aromatic carboxylic acids is 1. The van der Waals surface area contributed by atoms with E-state index in [1.165, 1.54) is 12.1 Å². The summed E-state index contributed by atoms with van der Waals surface area (Å²) in [7, 11) is 0. The molecular formula is C11H11BrF2O3. The van der Waals surface area contributed by atoms with Crippen molar-refractivity contribution in [2.45, 2.75) is 19.5 Å². The van der Waals surface area contributed by atoms with Crippen molar-refractivity contribution in [1.29, 1.82) is 0 Å². The first-order valence-electron chi connectivity index (χ1n) is 4.91. The van der Waals surface area contributed by atoms with Gasteiger partial charge in [0.05, 0.1) is 5.56 Å². The Bertz CT molecular complexity index is 396. The number of carboxylic acids is 1. The van der Waals surface area contributed by atoms with Gasteiger partial charge in [-0.1, -0.05) is 22.0 Å². The van der Waals surface area contributed by atoms with Crippen LogP contribution in [0.25, 0.3) is 0 Å². The number of ether oxygens (including phenoxy) is 1. The fraction of sp³-hybridized carbons (Fsp3) is 0.364. The summed E-state index contributed by atoms with van der Waals surface area (Å²) in [5.41, 5.74) is 0.614. The summed E-state index contributed by atoms with van der Waals surface area (Å²) in [6, 6.07) is 3.98. The average molecular weight is 309 g/mol. The van der Waals surface area contributed by atoms with Gasteiger partial charge >= 0.3 is 12.6 Å². The molecule has 94 valence electrons. The van der Waals surface area contributed by atoms with E-state index >= 15 is 0 Å². The van der Waals surface area contributed by atoms with Crippen LogP contribution in [0.3, 0.4) is 0 Å². The molecule has 0 aromatic heterocycles. The number of hydrogen-bond acceptors (Lipinski definition) is 2. The zero-order valence-electron chi connectivity index (χ0n) is 8.83. The van der Waals surface area contributed by atoms with E-state index in [1.54, 1.807) is 0 Å². The van der Waals surface area contributed by atoms with E-state index in [1.807, 2.05) is 0 Å². The predicted octanol–water partition coefficient (Wildman–Crippen LogP) is 3.31. The standard InChI is InChI=1S/C11H11BrF2O3/c12-5-1-2-7-3-4-8(17-11(13)14)6-9(7)10(15)16/h3-4,6,11H,1-2,5H2,(H,15,16). The van der Waals surface area contributed by atoms with Crippen molar-refractivity contribution in [1.82, 2.24) is 0 Å². The molecule has 1 aromatic carbocycles. The van der Waals surface area contributed by atoms with Crippen LogP contribution in [0.15, 0.2) is 18.2 Å². The molecule has 0 saturated heterocycles. The van der Waals surface area contributed by atoms with Crippen LogP contribution in [0.4, 0.5) is 8.78 Å². The second-order valence-corrected chi connectivity index (χ2v) is 4.09. The van der Waals surface area contributed by atoms with Crippen LogP contribution in [0.5, 0.6) is 5.75 Å². The lowest BCUT2D eigenvalue weighted by Gasteiger charge is -2.09. The van der Waals surface area contributed by atoms with Gasteiger partial charge in [0.2, 0.25) is 0 Å². The van der Waals surface area contributed by atoms with Gasteiger partial charge in [0, 0.05) is 5.33 Å². The van der Waals surface area contributed by atoms with E-state index in [0.717, 1.165) is 17.8 Å². The lowest BCUT2D eigenvalue weighted by atomic mass is 10.0. The normalized spacial score (nSPS) is 10.6. The third-order valence-electron chi connectivity index (χ3n) is 2.12. The maximum absolute atomic E-state index is 12.0. The predicted molar refractivity (Wildman–Crippen MR) is 62.1 cm³/mol. The molecule has 3 nitrogen and oxygen atoms in total. The average Bonchev–Trinajstić information content (AvgIpc) is 2.26. The van der Waals surface area contributed by atoms with Crippen LogP contribution in [0.2, 0.25) is 0 Å². The van der Waals surface area contributed by atoms with Crippen molar-refractivity contribution < 1.29 is 23.4 Å². The Morgan fingerprint density at radius 3 is 2.71 bits per heavy atom. The number of hydrogen-bond donors (Lipinski definition) is 1. The van der Waals surface area contributed by atoms with Crippen molar-refractivity contribution >= 4 is 21.9 Å². The second kappa shape index (κ2) is 6.54. The van der Waals surface area contributed by atoms with Crippen LogP contribution in [-0.4, -0.2) is 23.0 Å². The Morgan fingerprint density at radius 1 is 1.47 bits per heavy atom. The Morgan fingerprint density at radius 2 is 2.18 bits per heavy atom. The number of aryl methyl sites for hydroxylation is 1. The summed E-state index contributed by atoms with van der Waals surface area (Å²) in [4.78, 5) is 11.0. The Labute approximate surface area is 106 Å². The van der Waals surface area contributed by atoms with Gasteiger partial charge in [-0.2, -0.15) is 8.78 Å². The Kier molecular flexibility index (Phi) is 5.34. The number of halogens is 3. The highest BCUT2D eigenvalue weighted by Gasteiger charge is 2.13. The van der Waals surface area contributed by atoms with Crippen molar-refractivity contribution in [3.05, 3.63) is 29.3 Å². The molecule has 0 heterocycles. The highest BCUT2D eigenvalue weighted by Crippen LogP contribution is 2.21. The monoisotopic (exact) mass is 308 g/mol. The smallest absolute Gasteiger partial charge is 0.387 e. The molecule has 1 N–H and O–H groups in total. The highest BCUT2D eigenvalue weighted by atomic mass is 79.9. The topological polar surface area (TPSA) is 46.5 Å². The van der Waals surface area contributed by atoms with Gasteiger partial charge in [-0.25, -0.2) is 4.79 Å². The number of rotatable bonds is 6. The molecule has 0 fully saturated rings. The van der Waals surface area contributed by atoms with Crippen LogP contribution < -0.4 is 4.74 Å². The fourth-order valence-corrected chi connectivity index (χ4v) is 1.69. The van der Waals surface area contributed by atoms with E-state index in [9.17, 15) is 13.6 Å². The molecule has 0 spiro atoms. The fourth-order valence-electron chi connectivity index (χ4n) is 1.41. The third-order valence-corrected chi connectivity index (χ3v) is 2.68. The third kappa shape index (κ3) is 4.30. The van der Waals surface area contributed by atoms with Gasteiger partial charge in [-0.15, -0.1) is 0 Å². The van der Waals surface area contributed by atoms with E-state index in [0.29, 0.717) is 12.0 Å². The van der Waals surface area contributed by atoms with Crippen molar-refractivity contribution in [3.8, 4) is 5.75 Å². The molecule has 0 bridgehead atoms. The molecule has 1 rings (SSSR count). The van der Waals surface area contributed by atoms with E-state index in [4.69, 9.17) is 5.11 Å². The van der Waals surface area contributed by atoms with Crippen molar-refractivity contribution in [2.75, 3.05) is 5.33 Å². The molecule has 0 unspecified atom stereocenters. The minimum Gasteiger partial charge on any atom is -0.478 e. The molecule has 0 aliphatic carbocycles. The highest BCUT2D eigenvalue weighted by molar-refractivity contribution is 9.09. The minimum atomic E-state index is -2.95. The van der Waals surface area contributed by atoms with Gasteiger partial charge in [0.25, 0.3) is 0 Å². The van der Waals surface area contributed by atoms with Gasteiger partial charge in [0.15, 0.2) is 0 Å². The summed E-state index contributed by atoms with van der Waals surface area (Å²) in [5, 5.41) is 9.72. The van der Waals surface area contributed by atoms with Gasteiger partial charge in [-0.3, -0.25) is 0 Å². The lowest BCUT2D eigenvalue weighted by molar-refractivity contribution is -0.0499. The zero-order valence-corrected chi connectivity index (χ0v) is 10.4. The first-order chi connectivity index (χ1) is 8.04. The molecule has 1 aromatic rings. The lowest BCUT2D eigenvalue weighted by Crippen LogP contribution is -2.06. The molecule has 0 radical (unpaired) electrons. The summed E-state index contributed by atoms with van der Waals surface area (Å²) in [6.45, 7) is -2.95. The molecule has 0 atom stereocenters. The molecule has 0 aliphatic heterocycles. The molecule has 6 heteroatoms. The van der Waals surface area contributed by atoms with Crippen LogP contribution in [-0.2, 0) is 6.42 Å². The van der Waals surface area contributed by atoms with Gasteiger partial charge < -0.3 is 9.84 Å². The first-order valence-corrected chi connectivity index (χ1v) is 6.03. The van der Waals surface area contributed by atoms with Crippen LogP contribution in [0.1, 0.15) is 22.3 Å². The summed E-state index contributed by atoms with van der Waals surface area (Å²) < 4.78 is 28.1. The summed E-state index contributed by atoms with van der Waals surface area (Å²) in [5.74, 6) is -1.28. The van der Waals surface area contributed by atoms with E-state index in [-0.39, 0.29) is 11.3 Å². The number of benzene rings is 1. The maximum atomic E-state index is 12.0. The second-order valence-electron chi connectivity index (χ2n) is 3.30. The largest absolute Gasteiger partial charge is 0.478 e. The Hall–Kier alpha value is -1.17. The minimum absolute atomic E-state index is 0.00380. The van der Waals surface area contributed by atoms with E-state index in [2.05, 4.69) is 20.7 Å². The number of carboxylic acid groups (broad SMARTS) is 1. The first kappa shape index (κ1) is 13.9. The quantitative estimate of drug-likeness (QED) is 0.820. The molecule has 17 heavy (non-hydrogen) atoms. The van der Waals surface area contributed by atoms with Crippen molar-refractivity contribution in [2.24, 2.45) is 0 Å². The molecule has 0 amide bonds. The molecule has 0 aliphatic rings. The maximum Gasteiger partial charge on any atom is 0.387 e. The molecular weight excluding hydrogens is 298 g/mol. The zero-order chi connectivity index (χ0) is 12.8. The van der Waals surface area contributed by atoms with Crippen LogP contribution in [0, 0.1) is 0 Å². The Balaban J connectivity index is 2.95. The number of alkyl halides is 3. The van der Waals surface area contributed by atoms with Gasteiger partial charge in [-0.05, 0) is 30.5 Å².